The summed E-state index contributed by atoms with van der Waals surface area (Å²) in [6, 6.07) is 13.2. The first kappa shape index (κ1) is 14.8. The Hall–Kier alpha value is -3.15. The molecule has 0 bridgehead atoms. The first-order valence-electron chi connectivity index (χ1n) is 7.14. The smallest absolute Gasteiger partial charge is 0.257 e. The summed E-state index contributed by atoms with van der Waals surface area (Å²) in [4.78, 5) is 16.2. The molecule has 6 heteroatoms. The molecule has 0 aliphatic heterocycles. The van der Waals surface area contributed by atoms with Crippen LogP contribution in [0.4, 0.5) is 0 Å². The van der Waals surface area contributed by atoms with Gasteiger partial charge < -0.3 is 10.1 Å². The largest absolute Gasteiger partial charge is 0.480 e. The summed E-state index contributed by atoms with van der Waals surface area (Å²) >= 11 is 0. The number of nitrogens with one attached hydrogen (secondary N) is 1. The fourth-order valence-electron chi connectivity index (χ4n) is 2.18. The standard InChI is InChI=1S/C17H16N4O2/c1-23-17-15(8-5-9-18-17)16(22)19-10-13-11-20-21(12-13)14-6-3-2-4-7-14/h2-9,11-12H,10H2,1H3,(H,19,22). The van der Waals surface area contributed by atoms with Crippen molar-refractivity contribution in [2.24, 2.45) is 0 Å². The molecular weight excluding hydrogens is 292 g/mol. The number of pyridine rings is 1. The quantitative estimate of drug-likeness (QED) is 0.784. The lowest BCUT2D eigenvalue weighted by Crippen LogP contribution is -2.23. The third-order valence-electron chi connectivity index (χ3n) is 3.32. The van der Waals surface area contributed by atoms with Gasteiger partial charge in [-0.1, -0.05) is 18.2 Å². The van der Waals surface area contributed by atoms with Crippen LogP contribution < -0.4 is 10.1 Å². The Balaban J connectivity index is 1.67. The van der Waals surface area contributed by atoms with E-state index >= 15 is 0 Å². The zero-order valence-electron chi connectivity index (χ0n) is 12.6. The highest BCUT2D eigenvalue weighted by Crippen LogP contribution is 2.13. The second kappa shape index (κ2) is 6.74. The second-order valence-electron chi connectivity index (χ2n) is 4.87. The molecule has 1 aromatic carbocycles. The number of amides is 1. The minimum Gasteiger partial charge on any atom is -0.480 e. The molecule has 0 unspecified atom stereocenters. The predicted molar refractivity (Wildman–Crippen MR) is 85.5 cm³/mol. The number of benzene rings is 1. The van der Waals surface area contributed by atoms with E-state index in [1.54, 1.807) is 29.2 Å². The van der Waals surface area contributed by atoms with Crippen LogP contribution in [0.3, 0.4) is 0 Å². The highest BCUT2D eigenvalue weighted by Gasteiger charge is 2.12. The second-order valence-corrected chi connectivity index (χ2v) is 4.87. The Bertz CT molecular complexity index is 799. The summed E-state index contributed by atoms with van der Waals surface area (Å²) in [6.07, 6.45) is 5.20. The van der Waals surface area contributed by atoms with E-state index in [1.165, 1.54) is 7.11 Å². The molecule has 0 saturated heterocycles. The molecule has 1 amide bonds. The van der Waals surface area contributed by atoms with Crippen LogP contribution in [-0.2, 0) is 6.54 Å². The average molecular weight is 308 g/mol. The lowest BCUT2D eigenvalue weighted by Gasteiger charge is -2.07. The minimum absolute atomic E-state index is 0.234. The molecule has 0 fully saturated rings. The predicted octanol–water partition coefficient (Wildman–Crippen LogP) is 2.21. The van der Waals surface area contributed by atoms with Gasteiger partial charge >= 0.3 is 0 Å². The molecule has 0 radical (unpaired) electrons. The number of hydrogen-bond donors (Lipinski definition) is 1. The lowest BCUT2D eigenvalue weighted by atomic mass is 10.2. The molecule has 0 aliphatic carbocycles. The first-order valence-corrected chi connectivity index (χ1v) is 7.14. The molecule has 3 rings (SSSR count). The van der Waals surface area contributed by atoms with Gasteiger partial charge in [0.05, 0.1) is 19.0 Å². The van der Waals surface area contributed by atoms with Gasteiger partial charge in [-0.05, 0) is 24.3 Å². The Labute approximate surface area is 133 Å². The van der Waals surface area contributed by atoms with Crippen molar-refractivity contribution in [2.75, 3.05) is 7.11 Å². The van der Waals surface area contributed by atoms with Crippen molar-refractivity contribution in [3.63, 3.8) is 0 Å². The van der Waals surface area contributed by atoms with E-state index in [2.05, 4.69) is 15.4 Å². The highest BCUT2D eigenvalue weighted by molar-refractivity contribution is 5.96. The Morgan fingerprint density at radius 2 is 2.04 bits per heavy atom. The number of rotatable bonds is 5. The molecule has 6 nitrogen and oxygen atoms in total. The molecule has 1 N–H and O–H groups in total. The zero-order chi connectivity index (χ0) is 16.1. The number of aromatic nitrogens is 3. The summed E-state index contributed by atoms with van der Waals surface area (Å²) in [5.41, 5.74) is 2.29. The molecule has 0 aliphatic rings. The molecule has 0 spiro atoms. The Kier molecular flexibility index (Phi) is 4.33. The minimum atomic E-state index is -0.234. The van der Waals surface area contributed by atoms with Crippen LogP contribution in [0.2, 0.25) is 0 Å². The van der Waals surface area contributed by atoms with Crippen molar-refractivity contribution in [1.29, 1.82) is 0 Å². The zero-order valence-corrected chi connectivity index (χ0v) is 12.6. The number of para-hydroxylation sites is 1. The van der Waals surface area contributed by atoms with Crippen LogP contribution in [0.25, 0.3) is 5.69 Å². The summed E-state index contributed by atoms with van der Waals surface area (Å²) < 4.78 is 6.86. The van der Waals surface area contributed by atoms with Crippen LogP contribution in [0.15, 0.2) is 61.1 Å². The maximum absolute atomic E-state index is 12.2. The van der Waals surface area contributed by atoms with Gasteiger partial charge in [0.1, 0.15) is 5.56 Å². The third-order valence-corrected chi connectivity index (χ3v) is 3.32. The van der Waals surface area contributed by atoms with Crippen molar-refractivity contribution >= 4 is 5.91 Å². The molecule has 3 aromatic rings. The number of ether oxygens (including phenoxy) is 1. The van der Waals surface area contributed by atoms with E-state index in [9.17, 15) is 4.79 Å². The van der Waals surface area contributed by atoms with Crippen molar-refractivity contribution in [3.8, 4) is 11.6 Å². The van der Waals surface area contributed by atoms with E-state index in [4.69, 9.17) is 4.74 Å². The van der Waals surface area contributed by atoms with Crippen LogP contribution >= 0.6 is 0 Å². The van der Waals surface area contributed by atoms with E-state index < -0.39 is 0 Å². The first-order chi connectivity index (χ1) is 11.3. The van der Waals surface area contributed by atoms with Gasteiger partial charge in [0, 0.05) is 24.5 Å². The number of nitrogens with zero attached hydrogens (tertiary/aromatic N) is 3. The van der Waals surface area contributed by atoms with E-state index in [-0.39, 0.29) is 5.91 Å². The summed E-state index contributed by atoms with van der Waals surface area (Å²) in [7, 11) is 1.49. The fraction of sp³-hybridized carbons (Fsp3) is 0.118. The van der Waals surface area contributed by atoms with Gasteiger partial charge in [0.2, 0.25) is 5.88 Å². The topological polar surface area (TPSA) is 69.0 Å². The Morgan fingerprint density at radius 1 is 1.22 bits per heavy atom. The fourth-order valence-corrected chi connectivity index (χ4v) is 2.18. The van der Waals surface area contributed by atoms with Crippen molar-refractivity contribution in [2.45, 2.75) is 6.54 Å². The van der Waals surface area contributed by atoms with Gasteiger partial charge in [-0.15, -0.1) is 0 Å². The number of carbonyl (C=O) groups excluding carboxylic acids is 1. The van der Waals surface area contributed by atoms with Crippen molar-refractivity contribution in [1.82, 2.24) is 20.1 Å². The average Bonchev–Trinajstić information content (AvgIpc) is 3.09. The summed E-state index contributed by atoms with van der Waals surface area (Å²) in [5.74, 6) is 0.0763. The number of carbonyl (C=O) groups is 1. The maximum Gasteiger partial charge on any atom is 0.257 e. The molecule has 23 heavy (non-hydrogen) atoms. The molecule has 116 valence electrons. The molecule has 2 aromatic heterocycles. The van der Waals surface area contributed by atoms with E-state index in [0.717, 1.165) is 11.3 Å². The van der Waals surface area contributed by atoms with Crippen molar-refractivity contribution in [3.05, 3.63) is 72.2 Å². The van der Waals surface area contributed by atoms with Gasteiger partial charge in [0.15, 0.2) is 0 Å². The van der Waals surface area contributed by atoms with Gasteiger partial charge in [-0.3, -0.25) is 4.79 Å². The summed E-state index contributed by atoms with van der Waals surface area (Å²) in [6.45, 7) is 0.379. The van der Waals surface area contributed by atoms with Crippen molar-refractivity contribution < 1.29 is 9.53 Å². The molecule has 0 saturated carbocycles. The lowest BCUT2D eigenvalue weighted by molar-refractivity contribution is 0.0947. The molecule has 0 atom stereocenters. The SMILES string of the molecule is COc1ncccc1C(=O)NCc1cnn(-c2ccccc2)c1. The van der Waals surface area contributed by atoms with Crippen LogP contribution in [0.5, 0.6) is 5.88 Å². The highest BCUT2D eigenvalue weighted by atomic mass is 16.5. The molecular formula is C17H16N4O2. The van der Waals surface area contributed by atoms with Crippen LogP contribution in [-0.4, -0.2) is 27.8 Å². The van der Waals surface area contributed by atoms with Crippen LogP contribution in [0, 0.1) is 0 Å². The van der Waals surface area contributed by atoms with Gasteiger partial charge in [-0.2, -0.15) is 5.10 Å². The molecule has 2 heterocycles. The number of methoxy groups -OCH3 is 1. The van der Waals surface area contributed by atoms with E-state index in [0.29, 0.717) is 18.0 Å². The Morgan fingerprint density at radius 3 is 2.83 bits per heavy atom. The normalized spacial score (nSPS) is 10.3. The summed E-state index contributed by atoms with van der Waals surface area (Å²) in [5, 5.41) is 7.14. The van der Waals surface area contributed by atoms with Crippen LogP contribution in [0.1, 0.15) is 15.9 Å². The third kappa shape index (κ3) is 3.37. The van der Waals surface area contributed by atoms with Gasteiger partial charge in [0.25, 0.3) is 5.91 Å². The van der Waals surface area contributed by atoms with Gasteiger partial charge in [-0.25, -0.2) is 9.67 Å². The maximum atomic E-state index is 12.2. The number of hydrogen-bond acceptors (Lipinski definition) is 4. The monoisotopic (exact) mass is 308 g/mol. The van der Waals surface area contributed by atoms with E-state index in [1.807, 2.05) is 36.5 Å².